The van der Waals surface area contributed by atoms with Gasteiger partial charge >= 0.3 is 0 Å². The molecule has 0 unspecified atom stereocenters. The van der Waals surface area contributed by atoms with Crippen molar-refractivity contribution in [2.75, 3.05) is 13.1 Å². The number of hydrogen-bond donors (Lipinski definition) is 1. The lowest BCUT2D eigenvalue weighted by molar-refractivity contribution is 0.221. The van der Waals surface area contributed by atoms with Gasteiger partial charge in [0, 0.05) is 13.1 Å². The summed E-state index contributed by atoms with van der Waals surface area (Å²) in [4.78, 5) is 2.51. The molecule has 0 aromatic heterocycles. The van der Waals surface area contributed by atoms with Crippen LogP contribution in [0, 0.1) is 5.92 Å². The highest BCUT2D eigenvalue weighted by atomic mass is 16.3. The molecule has 0 saturated heterocycles. The second-order valence-electron chi connectivity index (χ2n) is 6.40. The highest BCUT2D eigenvalue weighted by Gasteiger charge is 2.20. The maximum absolute atomic E-state index is 9.75. The van der Waals surface area contributed by atoms with Crippen LogP contribution in [0.5, 0.6) is 5.75 Å². The first-order chi connectivity index (χ1) is 11.1. The van der Waals surface area contributed by atoms with Gasteiger partial charge in [-0.2, -0.15) is 0 Å². The zero-order valence-corrected chi connectivity index (χ0v) is 14.6. The van der Waals surface area contributed by atoms with Crippen LogP contribution in [0.25, 0.3) is 0 Å². The molecule has 0 radical (unpaired) electrons. The van der Waals surface area contributed by atoms with Gasteiger partial charge in [0.2, 0.25) is 0 Å². The van der Waals surface area contributed by atoms with Gasteiger partial charge in [0.15, 0.2) is 0 Å². The van der Waals surface area contributed by atoms with Gasteiger partial charge in [-0.05, 0) is 48.1 Å². The molecule has 2 atom stereocenters. The molecular weight excluding hydrogens is 282 g/mol. The smallest absolute Gasteiger partial charge is 0.115 e. The van der Waals surface area contributed by atoms with E-state index in [-0.39, 0.29) is 0 Å². The lowest BCUT2D eigenvalue weighted by Gasteiger charge is -2.29. The quantitative estimate of drug-likeness (QED) is 0.738. The number of aromatic hydroxyl groups is 1. The number of nitrogens with zero attached hydrogens (tertiary/aromatic N) is 1. The molecule has 0 heterocycles. The fraction of sp³-hybridized carbons (Fsp3) is 0.429. The average molecular weight is 311 g/mol. The topological polar surface area (TPSA) is 23.5 Å². The minimum atomic E-state index is 0.366. The van der Waals surface area contributed by atoms with Gasteiger partial charge < -0.3 is 5.11 Å². The SMILES string of the molecule is CC[C@@H](c1cccc(O)c1)[C@@H](C)CN(CC)Cc1ccccc1. The van der Waals surface area contributed by atoms with Crippen LogP contribution in [0.3, 0.4) is 0 Å². The Bertz CT molecular complexity index is 581. The summed E-state index contributed by atoms with van der Waals surface area (Å²) in [7, 11) is 0. The van der Waals surface area contributed by atoms with E-state index in [4.69, 9.17) is 0 Å². The summed E-state index contributed by atoms with van der Waals surface area (Å²) in [5.74, 6) is 1.39. The van der Waals surface area contributed by atoms with Crippen molar-refractivity contribution in [2.24, 2.45) is 5.92 Å². The zero-order valence-electron chi connectivity index (χ0n) is 14.6. The van der Waals surface area contributed by atoms with E-state index < -0.39 is 0 Å². The number of hydrogen-bond acceptors (Lipinski definition) is 2. The standard InChI is InChI=1S/C21H29NO/c1-4-21(19-12-9-13-20(23)14-19)17(3)15-22(5-2)16-18-10-7-6-8-11-18/h6-14,17,21,23H,4-5,15-16H2,1-3H3/t17-,21+/m0/s1. The second-order valence-corrected chi connectivity index (χ2v) is 6.40. The first kappa shape index (κ1) is 17.6. The van der Waals surface area contributed by atoms with Crippen molar-refractivity contribution in [3.63, 3.8) is 0 Å². The molecule has 2 nitrogen and oxygen atoms in total. The van der Waals surface area contributed by atoms with Gasteiger partial charge in [0.05, 0.1) is 0 Å². The van der Waals surface area contributed by atoms with Crippen LogP contribution >= 0.6 is 0 Å². The highest BCUT2D eigenvalue weighted by molar-refractivity contribution is 5.30. The van der Waals surface area contributed by atoms with Gasteiger partial charge in [-0.15, -0.1) is 0 Å². The molecule has 2 aromatic carbocycles. The Hall–Kier alpha value is -1.80. The molecule has 0 aliphatic carbocycles. The van der Waals surface area contributed by atoms with Gasteiger partial charge in [0.1, 0.15) is 5.75 Å². The van der Waals surface area contributed by atoms with E-state index in [2.05, 4.69) is 62.1 Å². The predicted octanol–water partition coefficient (Wildman–Crippen LogP) is 5.04. The van der Waals surface area contributed by atoms with Crippen LogP contribution in [-0.4, -0.2) is 23.1 Å². The van der Waals surface area contributed by atoms with Gasteiger partial charge in [0.25, 0.3) is 0 Å². The van der Waals surface area contributed by atoms with Crippen LogP contribution in [0.2, 0.25) is 0 Å². The van der Waals surface area contributed by atoms with Crippen LogP contribution < -0.4 is 0 Å². The van der Waals surface area contributed by atoms with E-state index in [1.807, 2.05) is 12.1 Å². The van der Waals surface area contributed by atoms with Crippen molar-refractivity contribution in [1.82, 2.24) is 4.90 Å². The molecule has 0 fully saturated rings. The summed E-state index contributed by atoms with van der Waals surface area (Å²) in [6.07, 6.45) is 1.09. The Morgan fingerprint density at radius 3 is 2.35 bits per heavy atom. The fourth-order valence-corrected chi connectivity index (χ4v) is 3.40. The minimum Gasteiger partial charge on any atom is -0.508 e. The molecule has 0 aliphatic rings. The van der Waals surface area contributed by atoms with Crippen molar-refractivity contribution in [3.05, 3.63) is 65.7 Å². The Kier molecular flexibility index (Phi) is 6.66. The maximum Gasteiger partial charge on any atom is 0.115 e. The molecular formula is C21H29NO. The molecule has 2 heteroatoms. The molecule has 23 heavy (non-hydrogen) atoms. The van der Waals surface area contributed by atoms with Crippen LogP contribution in [0.15, 0.2) is 54.6 Å². The molecule has 0 spiro atoms. The number of phenols is 1. The number of phenolic OH excluding ortho intramolecular Hbond substituents is 1. The molecule has 0 bridgehead atoms. The molecule has 1 N–H and O–H groups in total. The Morgan fingerprint density at radius 2 is 1.74 bits per heavy atom. The van der Waals surface area contributed by atoms with Crippen LogP contribution in [0.1, 0.15) is 44.2 Å². The Labute approximate surface area is 140 Å². The van der Waals surface area contributed by atoms with Crippen LogP contribution in [-0.2, 0) is 6.54 Å². The van der Waals surface area contributed by atoms with Crippen LogP contribution in [0.4, 0.5) is 0 Å². The van der Waals surface area contributed by atoms with E-state index in [1.165, 1.54) is 11.1 Å². The van der Waals surface area contributed by atoms with Crippen molar-refractivity contribution < 1.29 is 5.11 Å². The molecule has 2 rings (SSSR count). The van der Waals surface area contributed by atoms with E-state index >= 15 is 0 Å². The first-order valence-corrected chi connectivity index (χ1v) is 8.69. The summed E-state index contributed by atoms with van der Waals surface area (Å²) >= 11 is 0. The molecule has 0 amide bonds. The summed E-state index contributed by atoms with van der Waals surface area (Å²) in [6, 6.07) is 18.4. The van der Waals surface area contributed by atoms with E-state index in [1.54, 1.807) is 6.07 Å². The number of rotatable bonds is 8. The van der Waals surface area contributed by atoms with Gasteiger partial charge in [-0.1, -0.05) is 63.2 Å². The predicted molar refractivity (Wildman–Crippen MR) is 97.7 cm³/mol. The molecule has 124 valence electrons. The van der Waals surface area contributed by atoms with Crippen molar-refractivity contribution in [2.45, 2.75) is 39.7 Å². The monoisotopic (exact) mass is 311 g/mol. The average Bonchev–Trinajstić information content (AvgIpc) is 2.56. The first-order valence-electron chi connectivity index (χ1n) is 8.69. The molecule has 0 saturated carbocycles. The van der Waals surface area contributed by atoms with Crippen molar-refractivity contribution in [1.29, 1.82) is 0 Å². The summed E-state index contributed by atoms with van der Waals surface area (Å²) < 4.78 is 0. The van der Waals surface area contributed by atoms with E-state index in [0.717, 1.165) is 26.1 Å². The maximum atomic E-state index is 9.75. The molecule has 2 aromatic rings. The third-order valence-corrected chi connectivity index (χ3v) is 4.67. The summed E-state index contributed by atoms with van der Waals surface area (Å²) in [6.45, 7) is 9.91. The normalized spacial score (nSPS) is 13.9. The largest absolute Gasteiger partial charge is 0.508 e. The Morgan fingerprint density at radius 1 is 1.00 bits per heavy atom. The lowest BCUT2D eigenvalue weighted by atomic mass is 9.84. The highest BCUT2D eigenvalue weighted by Crippen LogP contribution is 2.30. The zero-order chi connectivity index (χ0) is 16.7. The number of benzene rings is 2. The van der Waals surface area contributed by atoms with E-state index in [0.29, 0.717) is 17.6 Å². The fourth-order valence-electron chi connectivity index (χ4n) is 3.40. The Balaban J connectivity index is 2.03. The second kappa shape index (κ2) is 8.73. The minimum absolute atomic E-state index is 0.366. The lowest BCUT2D eigenvalue weighted by Crippen LogP contribution is -2.30. The van der Waals surface area contributed by atoms with E-state index in [9.17, 15) is 5.11 Å². The summed E-state index contributed by atoms with van der Waals surface area (Å²) in [5, 5.41) is 9.75. The summed E-state index contributed by atoms with van der Waals surface area (Å²) in [5.41, 5.74) is 2.61. The van der Waals surface area contributed by atoms with Gasteiger partial charge in [-0.25, -0.2) is 0 Å². The van der Waals surface area contributed by atoms with Crippen molar-refractivity contribution in [3.8, 4) is 5.75 Å². The van der Waals surface area contributed by atoms with Gasteiger partial charge in [-0.3, -0.25) is 4.90 Å². The molecule has 0 aliphatic heterocycles. The van der Waals surface area contributed by atoms with Crippen molar-refractivity contribution >= 4 is 0 Å². The third kappa shape index (κ3) is 5.11. The third-order valence-electron chi connectivity index (χ3n) is 4.67.